The van der Waals surface area contributed by atoms with Gasteiger partial charge in [-0.15, -0.1) is 0 Å². The van der Waals surface area contributed by atoms with Crippen molar-refractivity contribution in [1.82, 2.24) is 15.4 Å². The molecule has 1 rings (SSSR count). The molecule has 0 aliphatic carbocycles. The summed E-state index contributed by atoms with van der Waals surface area (Å²) in [5.74, 6) is 0.618. The minimum Gasteiger partial charge on any atom is -0.382 e. The molecule has 1 fully saturated rings. The van der Waals surface area contributed by atoms with E-state index in [1.807, 2.05) is 6.92 Å². The fourth-order valence-electron chi connectivity index (χ4n) is 2.47. The van der Waals surface area contributed by atoms with Crippen LogP contribution in [0.2, 0.25) is 0 Å². The van der Waals surface area contributed by atoms with Gasteiger partial charge in [-0.3, -0.25) is 4.99 Å². The number of rotatable bonds is 12. The van der Waals surface area contributed by atoms with Crippen LogP contribution in [0.4, 0.5) is 0 Å². The van der Waals surface area contributed by atoms with Crippen molar-refractivity contribution in [3.8, 4) is 0 Å². The highest BCUT2D eigenvalue weighted by Gasteiger charge is 2.17. The second-order valence-corrected chi connectivity index (χ2v) is 7.91. The summed E-state index contributed by atoms with van der Waals surface area (Å²) in [5, 5.41) is 6.19. The number of ether oxygens (including phenoxy) is 2. The van der Waals surface area contributed by atoms with E-state index in [0.29, 0.717) is 19.0 Å². The maximum absolute atomic E-state index is 12.0. The standard InChI is InChI=1S/C16H34N4O4S/c1-3-23-11-7-5-9-18-16(17-2)19-10-13-25(21,22)20-14-15-8-4-6-12-24-15/h15,20H,3-14H2,1-2H3,(H2,17,18,19). The van der Waals surface area contributed by atoms with Crippen molar-refractivity contribution in [2.45, 2.75) is 45.1 Å². The largest absolute Gasteiger partial charge is 0.382 e. The topological polar surface area (TPSA) is 101 Å². The Morgan fingerprint density at radius 3 is 2.72 bits per heavy atom. The van der Waals surface area contributed by atoms with E-state index in [4.69, 9.17) is 9.47 Å². The number of unbranched alkanes of at least 4 members (excludes halogenated alkanes) is 1. The number of guanidine groups is 1. The summed E-state index contributed by atoms with van der Waals surface area (Å²) in [7, 11) is -1.64. The number of hydrogen-bond donors (Lipinski definition) is 3. The summed E-state index contributed by atoms with van der Waals surface area (Å²) in [6, 6.07) is 0. The van der Waals surface area contributed by atoms with Crippen molar-refractivity contribution in [3.05, 3.63) is 0 Å². The predicted octanol–water partition coefficient (Wildman–Crippen LogP) is 0.457. The third-order valence-electron chi connectivity index (χ3n) is 3.90. The fourth-order valence-corrected chi connectivity index (χ4v) is 3.42. The van der Waals surface area contributed by atoms with E-state index in [9.17, 15) is 8.42 Å². The lowest BCUT2D eigenvalue weighted by Crippen LogP contribution is -2.42. The third-order valence-corrected chi connectivity index (χ3v) is 5.25. The molecule has 9 heteroatoms. The molecule has 1 aliphatic heterocycles. The van der Waals surface area contributed by atoms with Crippen molar-refractivity contribution in [2.24, 2.45) is 4.99 Å². The van der Waals surface area contributed by atoms with Gasteiger partial charge in [0.2, 0.25) is 10.0 Å². The monoisotopic (exact) mass is 378 g/mol. The molecule has 0 amide bonds. The van der Waals surface area contributed by atoms with Crippen LogP contribution in [-0.4, -0.2) is 72.7 Å². The molecule has 0 spiro atoms. The Hall–Kier alpha value is -0.900. The van der Waals surface area contributed by atoms with Crippen molar-refractivity contribution < 1.29 is 17.9 Å². The van der Waals surface area contributed by atoms with Crippen LogP contribution in [0.25, 0.3) is 0 Å². The second-order valence-electron chi connectivity index (χ2n) is 5.99. The second kappa shape index (κ2) is 13.3. The van der Waals surface area contributed by atoms with Crippen molar-refractivity contribution in [2.75, 3.05) is 52.3 Å². The zero-order valence-electron chi connectivity index (χ0n) is 15.6. The Balaban J connectivity index is 2.13. The molecule has 0 aromatic rings. The average Bonchev–Trinajstić information content (AvgIpc) is 2.62. The van der Waals surface area contributed by atoms with Gasteiger partial charge in [-0.2, -0.15) is 0 Å². The lowest BCUT2D eigenvalue weighted by Gasteiger charge is -2.22. The van der Waals surface area contributed by atoms with Gasteiger partial charge < -0.3 is 20.1 Å². The summed E-state index contributed by atoms with van der Waals surface area (Å²) >= 11 is 0. The van der Waals surface area contributed by atoms with Gasteiger partial charge in [-0.1, -0.05) is 0 Å². The Kier molecular flexibility index (Phi) is 11.8. The molecule has 3 N–H and O–H groups in total. The maximum Gasteiger partial charge on any atom is 0.213 e. The highest BCUT2D eigenvalue weighted by Crippen LogP contribution is 2.11. The van der Waals surface area contributed by atoms with Crippen LogP contribution in [0.5, 0.6) is 0 Å². The number of hydrogen-bond acceptors (Lipinski definition) is 5. The van der Waals surface area contributed by atoms with E-state index in [2.05, 4.69) is 20.3 Å². The molecule has 8 nitrogen and oxygen atoms in total. The molecular formula is C16H34N4O4S. The van der Waals surface area contributed by atoms with E-state index < -0.39 is 10.0 Å². The normalized spacial score (nSPS) is 19.0. The Morgan fingerprint density at radius 1 is 1.24 bits per heavy atom. The average molecular weight is 379 g/mol. The van der Waals surface area contributed by atoms with Gasteiger partial charge in [-0.25, -0.2) is 13.1 Å². The van der Waals surface area contributed by atoms with Crippen LogP contribution in [0.3, 0.4) is 0 Å². The number of aliphatic imine (C=N–C) groups is 1. The molecular weight excluding hydrogens is 344 g/mol. The van der Waals surface area contributed by atoms with Gasteiger partial charge in [-0.05, 0) is 39.0 Å². The van der Waals surface area contributed by atoms with Crippen LogP contribution >= 0.6 is 0 Å². The molecule has 0 aromatic carbocycles. The van der Waals surface area contributed by atoms with Gasteiger partial charge in [0.25, 0.3) is 0 Å². The zero-order chi connectivity index (χ0) is 18.4. The number of nitrogens with one attached hydrogen (secondary N) is 3. The van der Waals surface area contributed by atoms with Gasteiger partial charge in [0.15, 0.2) is 5.96 Å². The molecule has 1 saturated heterocycles. The van der Waals surface area contributed by atoms with E-state index in [-0.39, 0.29) is 11.9 Å². The van der Waals surface area contributed by atoms with E-state index in [1.165, 1.54) is 0 Å². The molecule has 148 valence electrons. The first-order chi connectivity index (χ1) is 12.1. The summed E-state index contributed by atoms with van der Waals surface area (Å²) < 4.78 is 37.5. The molecule has 0 aromatic heterocycles. The van der Waals surface area contributed by atoms with Crippen LogP contribution in [0.1, 0.15) is 39.0 Å². The Bertz CT molecular complexity index is 465. The van der Waals surface area contributed by atoms with Crippen molar-refractivity contribution in [3.63, 3.8) is 0 Å². The molecule has 1 heterocycles. The summed E-state index contributed by atoms with van der Waals surface area (Å²) in [6.07, 6.45) is 5.04. The summed E-state index contributed by atoms with van der Waals surface area (Å²) in [4.78, 5) is 4.09. The highest BCUT2D eigenvalue weighted by molar-refractivity contribution is 7.89. The van der Waals surface area contributed by atoms with Crippen LogP contribution in [0, 0.1) is 0 Å². The Morgan fingerprint density at radius 2 is 2.04 bits per heavy atom. The lowest BCUT2D eigenvalue weighted by molar-refractivity contribution is 0.0200. The lowest BCUT2D eigenvalue weighted by atomic mass is 10.1. The molecule has 0 bridgehead atoms. The third kappa shape index (κ3) is 11.4. The Labute approximate surface area is 152 Å². The predicted molar refractivity (Wildman–Crippen MR) is 100 cm³/mol. The first-order valence-electron chi connectivity index (χ1n) is 9.18. The molecule has 25 heavy (non-hydrogen) atoms. The smallest absolute Gasteiger partial charge is 0.213 e. The van der Waals surface area contributed by atoms with Crippen LogP contribution in [0.15, 0.2) is 4.99 Å². The van der Waals surface area contributed by atoms with Gasteiger partial charge in [0.1, 0.15) is 0 Å². The number of nitrogens with zero attached hydrogens (tertiary/aromatic N) is 1. The van der Waals surface area contributed by atoms with E-state index in [0.717, 1.165) is 58.5 Å². The molecule has 1 aliphatic rings. The van der Waals surface area contributed by atoms with Crippen LogP contribution in [-0.2, 0) is 19.5 Å². The quantitative estimate of drug-likeness (QED) is 0.259. The SMILES string of the molecule is CCOCCCCNC(=NC)NCCS(=O)(=O)NCC1CCCCO1. The van der Waals surface area contributed by atoms with E-state index >= 15 is 0 Å². The van der Waals surface area contributed by atoms with Gasteiger partial charge in [0.05, 0.1) is 11.9 Å². The fraction of sp³-hybridized carbons (Fsp3) is 0.938. The highest BCUT2D eigenvalue weighted by atomic mass is 32.2. The first-order valence-corrected chi connectivity index (χ1v) is 10.8. The van der Waals surface area contributed by atoms with Gasteiger partial charge >= 0.3 is 0 Å². The summed E-state index contributed by atoms with van der Waals surface area (Å²) in [6.45, 7) is 5.64. The molecule has 1 unspecified atom stereocenters. The molecule has 0 radical (unpaired) electrons. The zero-order valence-corrected chi connectivity index (χ0v) is 16.4. The van der Waals surface area contributed by atoms with E-state index in [1.54, 1.807) is 7.05 Å². The number of sulfonamides is 1. The maximum atomic E-state index is 12.0. The summed E-state index contributed by atoms with van der Waals surface area (Å²) in [5.41, 5.74) is 0. The van der Waals surface area contributed by atoms with Crippen molar-refractivity contribution >= 4 is 16.0 Å². The van der Waals surface area contributed by atoms with Gasteiger partial charge in [0, 0.05) is 46.5 Å². The minimum absolute atomic E-state index is 0.00241. The van der Waals surface area contributed by atoms with Crippen LogP contribution < -0.4 is 15.4 Å². The first kappa shape index (κ1) is 22.1. The van der Waals surface area contributed by atoms with Crippen molar-refractivity contribution in [1.29, 1.82) is 0 Å². The minimum atomic E-state index is -3.31. The molecule has 0 saturated carbocycles. The molecule has 1 atom stereocenters.